The number of nitrogens with one attached hydrogen (secondary N) is 1. The molecule has 0 aliphatic heterocycles. The smallest absolute Gasteiger partial charge is 0.337 e. The molecule has 20 heavy (non-hydrogen) atoms. The molecule has 0 spiro atoms. The van der Waals surface area contributed by atoms with Gasteiger partial charge in [-0.2, -0.15) is 0 Å². The van der Waals surface area contributed by atoms with Crippen LogP contribution in [0.1, 0.15) is 30.1 Å². The third-order valence-electron chi connectivity index (χ3n) is 2.72. The van der Waals surface area contributed by atoms with Gasteiger partial charge in [0, 0.05) is 6.07 Å². The maximum absolute atomic E-state index is 11.5. The Balaban J connectivity index is 3.15. The Morgan fingerprint density at radius 1 is 1.60 bits per heavy atom. The number of methoxy groups -OCH3 is 1. The van der Waals surface area contributed by atoms with E-state index in [2.05, 4.69) is 16.0 Å². The molecule has 6 nitrogen and oxygen atoms in total. The molecule has 106 valence electrons. The van der Waals surface area contributed by atoms with Crippen LogP contribution in [0.5, 0.6) is 0 Å². The van der Waals surface area contributed by atoms with Gasteiger partial charge in [-0.25, -0.2) is 4.79 Å². The lowest BCUT2D eigenvalue weighted by atomic mass is 10.1. The lowest BCUT2D eigenvalue weighted by Gasteiger charge is -2.14. The molecule has 0 saturated carbocycles. The van der Waals surface area contributed by atoms with Crippen molar-refractivity contribution in [1.29, 1.82) is 0 Å². The van der Waals surface area contributed by atoms with Crippen molar-refractivity contribution < 1.29 is 14.5 Å². The number of esters is 1. The number of hydrogen-bond donors (Lipinski definition) is 1. The molecule has 0 heterocycles. The van der Waals surface area contributed by atoms with E-state index in [0.717, 1.165) is 6.42 Å². The number of carbonyl (C=O) groups excluding carboxylic acids is 1. The maximum Gasteiger partial charge on any atom is 0.337 e. The number of nitro benzene ring substituents is 1. The van der Waals surface area contributed by atoms with Gasteiger partial charge in [0.15, 0.2) is 0 Å². The lowest BCUT2D eigenvalue weighted by molar-refractivity contribution is -0.384. The predicted octanol–water partition coefficient (Wildman–Crippen LogP) is 2.60. The van der Waals surface area contributed by atoms with E-state index in [1.54, 1.807) is 0 Å². The summed E-state index contributed by atoms with van der Waals surface area (Å²) in [5.74, 6) is 1.97. The zero-order valence-electron chi connectivity index (χ0n) is 11.4. The predicted molar refractivity (Wildman–Crippen MR) is 75.6 cm³/mol. The Morgan fingerprint density at radius 3 is 2.80 bits per heavy atom. The van der Waals surface area contributed by atoms with Crippen LogP contribution in [0.2, 0.25) is 0 Å². The Bertz CT molecular complexity index is 549. The average molecular weight is 276 g/mol. The molecule has 6 heteroatoms. The molecule has 0 aliphatic rings. The lowest BCUT2D eigenvalue weighted by Crippen LogP contribution is -2.18. The van der Waals surface area contributed by atoms with Crippen molar-refractivity contribution in [2.45, 2.75) is 25.8 Å². The maximum atomic E-state index is 11.5. The van der Waals surface area contributed by atoms with Crippen LogP contribution in [-0.4, -0.2) is 24.0 Å². The fraction of sp³-hybridized carbons (Fsp3) is 0.357. The van der Waals surface area contributed by atoms with Gasteiger partial charge in [0.25, 0.3) is 5.69 Å². The van der Waals surface area contributed by atoms with Crippen LogP contribution < -0.4 is 5.32 Å². The molecule has 0 bridgehead atoms. The SMILES string of the molecule is C#CC(CCC)Nc1cc(C(=O)OC)ccc1[N+](=O)[O-]. The standard InChI is InChI=1S/C14H16N2O4/c1-4-6-11(5-2)15-12-9-10(14(17)20-3)7-8-13(12)16(18)19/h2,7-9,11,15H,4,6H2,1,3H3. The minimum atomic E-state index is -0.560. The minimum Gasteiger partial charge on any atom is -0.465 e. The first kappa shape index (κ1) is 15.5. The quantitative estimate of drug-likeness (QED) is 0.374. The number of nitrogens with zero attached hydrogens (tertiary/aromatic N) is 1. The van der Waals surface area contributed by atoms with Crippen molar-refractivity contribution in [3.8, 4) is 12.3 Å². The van der Waals surface area contributed by atoms with Gasteiger partial charge in [0.05, 0.1) is 23.6 Å². The van der Waals surface area contributed by atoms with E-state index in [9.17, 15) is 14.9 Å². The van der Waals surface area contributed by atoms with Crippen LogP contribution >= 0.6 is 0 Å². The first-order valence-corrected chi connectivity index (χ1v) is 6.12. The topological polar surface area (TPSA) is 81.5 Å². The highest BCUT2D eigenvalue weighted by Crippen LogP contribution is 2.27. The second kappa shape index (κ2) is 7.14. The molecule has 1 rings (SSSR count). The molecule has 1 N–H and O–H groups in total. The van der Waals surface area contributed by atoms with Crippen molar-refractivity contribution in [1.82, 2.24) is 0 Å². The van der Waals surface area contributed by atoms with Crippen LogP contribution in [0.25, 0.3) is 0 Å². The molecule has 0 aromatic heterocycles. The Kier molecular flexibility index (Phi) is 5.54. The second-order valence-corrected chi connectivity index (χ2v) is 4.13. The van der Waals surface area contributed by atoms with Crippen molar-refractivity contribution in [3.63, 3.8) is 0 Å². The van der Waals surface area contributed by atoms with Crippen molar-refractivity contribution in [2.75, 3.05) is 12.4 Å². The monoisotopic (exact) mass is 276 g/mol. The van der Waals surface area contributed by atoms with Gasteiger partial charge >= 0.3 is 5.97 Å². The number of benzene rings is 1. The summed E-state index contributed by atoms with van der Waals surface area (Å²) in [7, 11) is 1.25. The highest BCUT2D eigenvalue weighted by atomic mass is 16.6. The fourth-order valence-electron chi connectivity index (χ4n) is 1.73. The second-order valence-electron chi connectivity index (χ2n) is 4.13. The van der Waals surface area contributed by atoms with Gasteiger partial charge < -0.3 is 10.1 Å². The molecule has 1 atom stereocenters. The summed E-state index contributed by atoms with van der Waals surface area (Å²) in [6.45, 7) is 1.96. The number of anilines is 1. The summed E-state index contributed by atoms with van der Waals surface area (Å²) < 4.78 is 4.59. The first-order valence-electron chi connectivity index (χ1n) is 6.12. The van der Waals surface area contributed by atoms with Crippen LogP contribution in [0.3, 0.4) is 0 Å². The van der Waals surface area contributed by atoms with E-state index in [1.165, 1.54) is 25.3 Å². The average Bonchev–Trinajstić information content (AvgIpc) is 2.45. The first-order chi connectivity index (χ1) is 9.53. The number of ether oxygens (including phenoxy) is 1. The van der Waals surface area contributed by atoms with Crippen LogP contribution in [0.15, 0.2) is 18.2 Å². The van der Waals surface area contributed by atoms with Crippen molar-refractivity contribution in [2.24, 2.45) is 0 Å². The van der Waals surface area contributed by atoms with E-state index in [0.29, 0.717) is 6.42 Å². The third-order valence-corrected chi connectivity index (χ3v) is 2.72. The number of terminal acetylenes is 1. The van der Waals surface area contributed by atoms with Gasteiger partial charge in [-0.15, -0.1) is 6.42 Å². The summed E-state index contributed by atoms with van der Waals surface area (Å²) in [6.07, 6.45) is 6.90. The Morgan fingerprint density at radius 2 is 2.30 bits per heavy atom. The van der Waals surface area contributed by atoms with Crippen LogP contribution in [0, 0.1) is 22.5 Å². The fourth-order valence-corrected chi connectivity index (χ4v) is 1.73. The van der Waals surface area contributed by atoms with Crippen molar-refractivity contribution in [3.05, 3.63) is 33.9 Å². The molecular formula is C14H16N2O4. The highest BCUT2D eigenvalue weighted by molar-refractivity contribution is 5.91. The van der Waals surface area contributed by atoms with Crippen LogP contribution in [0.4, 0.5) is 11.4 Å². The Hall–Kier alpha value is -2.55. The summed E-state index contributed by atoms with van der Waals surface area (Å²) in [5, 5.41) is 13.9. The third kappa shape index (κ3) is 3.72. The summed E-state index contributed by atoms with van der Waals surface area (Å²) in [6, 6.07) is 3.66. The zero-order chi connectivity index (χ0) is 15.1. The molecule has 1 aromatic rings. The van der Waals surface area contributed by atoms with E-state index in [4.69, 9.17) is 6.42 Å². The van der Waals surface area contributed by atoms with Crippen molar-refractivity contribution >= 4 is 17.3 Å². The molecule has 0 saturated heterocycles. The van der Waals surface area contributed by atoms with Crippen LogP contribution in [-0.2, 0) is 4.74 Å². The van der Waals surface area contributed by atoms with E-state index < -0.39 is 10.9 Å². The minimum absolute atomic E-state index is 0.131. The molecule has 0 radical (unpaired) electrons. The van der Waals surface area contributed by atoms with Gasteiger partial charge in [0.1, 0.15) is 5.69 Å². The van der Waals surface area contributed by atoms with E-state index >= 15 is 0 Å². The number of nitro groups is 1. The van der Waals surface area contributed by atoms with Gasteiger partial charge in [-0.05, 0) is 18.6 Å². The van der Waals surface area contributed by atoms with E-state index in [1.807, 2.05) is 6.92 Å². The number of rotatable bonds is 6. The molecule has 0 amide bonds. The van der Waals surface area contributed by atoms with Gasteiger partial charge in [-0.1, -0.05) is 19.3 Å². The molecule has 0 aliphatic carbocycles. The summed E-state index contributed by atoms with van der Waals surface area (Å²) >= 11 is 0. The van der Waals surface area contributed by atoms with Gasteiger partial charge in [0.2, 0.25) is 0 Å². The number of carbonyl (C=O) groups is 1. The molecule has 1 unspecified atom stereocenters. The summed E-state index contributed by atoms with van der Waals surface area (Å²) in [5.41, 5.74) is 0.316. The normalized spacial score (nSPS) is 11.2. The Labute approximate surface area is 117 Å². The number of hydrogen-bond acceptors (Lipinski definition) is 5. The molecular weight excluding hydrogens is 260 g/mol. The zero-order valence-corrected chi connectivity index (χ0v) is 11.4. The van der Waals surface area contributed by atoms with E-state index in [-0.39, 0.29) is 23.0 Å². The highest BCUT2D eigenvalue weighted by Gasteiger charge is 2.18. The summed E-state index contributed by atoms with van der Waals surface area (Å²) in [4.78, 5) is 21.9. The molecule has 0 fully saturated rings. The molecule has 1 aromatic carbocycles. The largest absolute Gasteiger partial charge is 0.465 e. The van der Waals surface area contributed by atoms with Gasteiger partial charge in [-0.3, -0.25) is 10.1 Å².